The highest BCUT2D eigenvalue weighted by Crippen LogP contribution is 2.17. The van der Waals surface area contributed by atoms with Crippen LogP contribution in [0.3, 0.4) is 0 Å². The van der Waals surface area contributed by atoms with Crippen LogP contribution >= 0.6 is 15.9 Å². The normalized spacial score (nSPS) is 12.4. The Labute approximate surface area is 150 Å². The second kappa shape index (κ2) is 9.11. The molecular formula is C18H22BrFN2O2. The first-order valence-electron chi connectivity index (χ1n) is 7.85. The molecule has 0 saturated carbocycles. The zero-order chi connectivity index (χ0) is 17.5. The number of pyridine rings is 1. The molecule has 0 radical (unpaired) electrons. The van der Waals surface area contributed by atoms with Crippen LogP contribution in [0.2, 0.25) is 0 Å². The number of aliphatic hydroxyl groups excluding tert-OH is 1. The fourth-order valence-electron chi connectivity index (χ4n) is 2.37. The fourth-order valence-corrected chi connectivity index (χ4v) is 2.68. The Hall–Kier alpha value is -1.50. The molecule has 0 aliphatic heterocycles. The molecule has 0 amide bonds. The maximum Gasteiger partial charge on any atom is 0.147 e. The van der Waals surface area contributed by atoms with Gasteiger partial charge in [-0.2, -0.15) is 0 Å². The minimum atomic E-state index is -0.457. The summed E-state index contributed by atoms with van der Waals surface area (Å²) < 4.78 is 19.8. The lowest BCUT2D eigenvalue weighted by Gasteiger charge is -2.24. The van der Waals surface area contributed by atoms with Gasteiger partial charge in [0.15, 0.2) is 0 Å². The number of ether oxygens (including phenoxy) is 1. The Morgan fingerprint density at radius 2 is 2.00 bits per heavy atom. The lowest BCUT2D eigenvalue weighted by Crippen LogP contribution is -2.32. The summed E-state index contributed by atoms with van der Waals surface area (Å²) in [7, 11) is 1.63. The predicted octanol–water partition coefficient (Wildman–Crippen LogP) is 3.76. The predicted molar refractivity (Wildman–Crippen MR) is 95.3 cm³/mol. The molecule has 1 aromatic heterocycles. The van der Waals surface area contributed by atoms with E-state index in [1.54, 1.807) is 13.3 Å². The summed E-state index contributed by atoms with van der Waals surface area (Å²) in [6.45, 7) is 3.31. The van der Waals surface area contributed by atoms with E-state index in [2.05, 4.69) is 20.9 Å². The Bertz CT molecular complexity index is 652. The van der Waals surface area contributed by atoms with E-state index < -0.39 is 6.10 Å². The fraction of sp³-hybridized carbons (Fsp3) is 0.389. The van der Waals surface area contributed by atoms with Gasteiger partial charge in [-0.05, 0) is 46.1 Å². The number of hydrogen-bond acceptors (Lipinski definition) is 4. The molecule has 0 aliphatic carbocycles. The van der Waals surface area contributed by atoms with Crippen LogP contribution in [0.25, 0.3) is 0 Å². The number of rotatable bonds is 8. The maximum atomic E-state index is 14.1. The topological polar surface area (TPSA) is 45.6 Å². The van der Waals surface area contributed by atoms with Gasteiger partial charge in [-0.1, -0.05) is 19.1 Å². The molecular weight excluding hydrogens is 375 g/mol. The number of hydrogen-bond donors (Lipinski definition) is 1. The molecule has 4 nitrogen and oxygen atoms in total. The van der Waals surface area contributed by atoms with Crippen molar-refractivity contribution < 1.29 is 14.2 Å². The number of methoxy groups -OCH3 is 1. The van der Waals surface area contributed by atoms with E-state index in [0.717, 1.165) is 11.3 Å². The second-order valence-corrected chi connectivity index (χ2v) is 6.58. The molecule has 0 aliphatic rings. The van der Waals surface area contributed by atoms with E-state index in [9.17, 15) is 9.50 Å². The minimum absolute atomic E-state index is 0.336. The van der Waals surface area contributed by atoms with E-state index in [1.807, 2.05) is 36.1 Å². The molecule has 1 N–H and O–H groups in total. The molecule has 1 heterocycles. The summed E-state index contributed by atoms with van der Waals surface area (Å²) in [4.78, 5) is 6.15. The number of aromatic nitrogens is 1. The SMILES string of the molecule is CCC(O)CN(Cc1ccc(OC)cc1)Cc1ncc(Br)cc1F. The van der Waals surface area contributed by atoms with Crippen LogP contribution in [0.5, 0.6) is 5.75 Å². The van der Waals surface area contributed by atoms with Gasteiger partial charge in [-0.3, -0.25) is 9.88 Å². The highest BCUT2D eigenvalue weighted by molar-refractivity contribution is 9.10. The van der Waals surface area contributed by atoms with Crippen molar-refractivity contribution in [3.8, 4) is 5.75 Å². The second-order valence-electron chi connectivity index (χ2n) is 5.66. The number of aliphatic hydroxyl groups is 1. The van der Waals surface area contributed by atoms with Gasteiger partial charge in [0.1, 0.15) is 11.6 Å². The summed E-state index contributed by atoms with van der Waals surface area (Å²) in [5, 5.41) is 10.00. The van der Waals surface area contributed by atoms with Crippen LogP contribution < -0.4 is 4.74 Å². The van der Waals surface area contributed by atoms with E-state index >= 15 is 0 Å². The van der Waals surface area contributed by atoms with Gasteiger partial charge in [0.05, 0.1) is 18.9 Å². The summed E-state index contributed by atoms with van der Waals surface area (Å²) >= 11 is 3.21. The summed E-state index contributed by atoms with van der Waals surface area (Å²) in [5.74, 6) is 0.439. The summed E-state index contributed by atoms with van der Waals surface area (Å²) in [5.41, 5.74) is 1.44. The van der Waals surface area contributed by atoms with Gasteiger partial charge in [0.25, 0.3) is 0 Å². The monoisotopic (exact) mass is 396 g/mol. The van der Waals surface area contributed by atoms with Crippen LogP contribution in [-0.2, 0) is 13.1 Å². The van der Waals surface area contributed by atoms with Gasteiger partial charge in [-0.25, -0.2) is 4.39 Å². The third-order valence-electron chi connectivity index (χ3n) is 3.76. The minimum Gasteiger partial charge on any atom is -0.497 e. The summed E-state index contributed by atoms with van der Waals surface area (Å²) in [6.07, 6.45) is 1.78. The molecule has 24 heavy (non-hydrogen) atoms. The Kier molecular flexibility index (Phi) is 7.15. The van der Waals surface area contributed by atoms with Crippen molar-refractivity contribution in [2.24, 2.45) is 0 Å². The standard InChI is InChI=1S/C18H22BrFN2O2/c1-3-15(23)11-22(10-13-4-6-16(24-2)7-5-13)12-18-17(20)8-14(19)9-21-18/h4-9,15,23H,3,10-12H2,1-2H3. The highest BCUT2D eigenvalue weighted by atomic mass is 79.9. The van der Waals surface area contributed by atoms with Gasteiger partial charge in [-0.15, -0.1) is 0 Å². The zero-order valence-corrected chi connectivity index (χ0v) is 15.5. The largest absolute Gasteiger partial charge is 0.497 e. The van der Waals surface area contributed by atoms with Crippen molar-refractivity contribution >= 4 is 15.9 Å². The third-order valence-corrected chi connectivity index (χ3v) is 4.20. The molecule has 0 spiro atoms. The lowest BCUT2D eigenvalue weighted by molar-refractivity contribution is 0.0999. The van der Waals surface area contributed by atoms with E-state index in [0.29, 0.717) is 36.2 Å². The van der Waals surface area contributed by atoms with Crippen molar-refractivity contribution in [2.45, 2.75) is 32.5 Å². The molecule has 1 aromatic carbocycles. The molecule has 130 valence electrons. The third kappa shape index (κ3) is 5.54. The summed E-state index contributed by atoms with van der Waals surface area (Å²) in [6, 6.07) is 9.12. The van der Waals surface area contributed by atoms with Gasteiger partial charge in [0.2, 0.25) is 0 Å². The molecule has 2 aromatic rings. The first-order valence-corrected chi connectivity index (χ1v) is 8.64. The maximum absolute atomic E-state index is 14.1. The molecule has 1 atom stereocenters. The van der Waals surface area contributed by atoms with E-state index in [-0.39, 0.29) is 5.82 Å². The number of benzene rings is 1. The van der Waals surface area contributed by atoms with E-state index in [4.69, 9.17) is 4.74 Å². The lowest BCUT2D eigenvalue weighted by atomic mass is 10.1. The zero-order valence-electron chi connectivity index (χ0n) is 13.9. The molecule has 1 unspecified atom stereocenters. The van der Waals surface area contributed by atoms with Crippen LogP contribution in [0.15, 0.2) is 41.0 Å². The Balaban J connectivity index is 2.13. The van der Waals surface area contributed by atoms with E-state index in [1.165, 1.54) is 6.07 Å². The quantitative estimate of drug-likeness (QED) is 0.737. The van der Waals surface area contributed by atoms with Crippen molar-refractivity contribution in [2.75, 3.05) is 13.7 Å². The Morgan fingerprint density at radius 3 is 2.58 bits per heavy atom. The van der Waals surface area contributed by atoms with Crippen molar-refractivity contribution in [1.82, 2.24) is 9.88 Å². The molecule has 2 rings (SSSR count). The highest BCUT2D eigenvalue weighted by Gasteiger charge is 2.15. The van der Waals surface area contributed by atoms with Crippen LogP contribution in [0.1, 0.15) is 24.6 Å². The van der Waals surface area contributed by atoms with Crippen LogP contribution in [0, 0.1) is 5.82 Å². The van der Waals surface area contributed by atoms with Gasteiger partial charge >= 0.3 is 0 Å². The van der Waals surface area contributed by atoms with Gasteiger partial charge < -0.3 is 9.84 Å². The van der Waals surface area contributed by atoms with Crippen LogP contribution in [0.4, 0.5) is 4.39 Å². The van der Waals surface area contributed by atoms with Crippen molar-refractivity contribution in [3.63, 3.8) is 0 Å². The molecule has 0 bridgehead atoms. The molecule has 0 saturated heterocycles. The molecule has 6 heteroatoms. The first-order chi connectivity index (χ1) is 11.5. The number of nitrogens with zero attached hydrogens (tertiary/aromatic N) is 2. The number of halogens is 2. The van der Waals surface area contributed by atoms with Crippen molar-refractivity contribution in [1.29, 1.82) is 0 Å². The Morgan fingerprint density at radius 1 is 1.29 bits per heavy atom. The van der Waals surface area contributed by atoms with Gasteiger partial charge in [0, 0.05) is 30.3 Å². The smallest absolute Gasteiger partial charge is 0.147 e. The average molecular weight is 397 g/mol. The average Bonchev–Trinajstić information content (AvgIpc) is 2.57. The first kappa shape index (κ1) is 18.8. The van der Waals surface area contributed by atoms with Crippen LogP contribution in [-0.4, -0.2) is 34.7 Å². The van der Waals surface area contributed by atoms with Crippen molar-refractivity contribution in [3.05, 3.63) is 58.1 Å². The molecule has 0 fully saturated rings.